The van der Waals surface area contributed by atoms with Gasteiger partial charge in [-0.2, -0.15) is 16.9 Å². The van der Waals surface area contributed by atoms with E-state index in [0.717, 1.165) is 44.8 Å². The maximum absolute atomic E-state index is 13.0. The average Bonchev–Trinajstić information content (AvgIpc) is 2.98. The Morgan fingerprint density at radius 2 is 2.29 bits per heavy atom. The second-order valence-corrected chi connectivity index (χ2v) is 7.42. The molecule has 0 spiro atoms. The van der Waals surface area contributed by atoms with Crippen molar-refractivity contribution in [3.63, 3.8) is 0 Å². The number of amides is 1. The van der Waals surface area contributed by atoms with Gasteiger partial charge in [0, 0.05) is 41.5 Å². The summed E-state index contributed by atoms with van der Waals surface area (Å²) in [7, 11) is 0. The summed E-state index contributed by atoms with van der Waals surface area (Å²) in [5.74, 6) is 1.13. The van der Waals surface area contributed by atoms with Gasteiger partial charge in [-0.3, -0.25) is 9.89 Å². The van der Waals surface area contributed by atoms with E-state index in [9.17, 15) is 4.79 Å². The van der Waals surface area contributed by atoms with Gasteiger partial charge in [0.15, 0.2) is 5.69 Å². The molecular formula is C15H21N3O2S. The molecule has 1 amide bonds. The van der Waals surface area contributed by atoms with Crippen LogP contribution in [-0.2, 0) is 17.6 Å². The van der Waals surface area contributed by atoms with Crippen LogP contribution in [0.15, 0.2) is 0 Å². The Morgan fingerprint density at radius 1 is 1.38 bits per heavy atom. The highest BCUT2D eigenvalue weighted by molar-refractivity contribution is 8.00. The van der Waals surface area contributed by atoms with Crippen LogP contribution in [0.1, 0.15) is 41.0 Å². The molecule has 3 aliphatic rings. The lowest BCUT2D eigenvalue weighted by Crippen LogP contribution is -2.54. The van der Waals surface area contributed by atoms with E-state index in [1.165, 1.54) is 24.1 Å². The summed E-state index contributed by atoms with van der Waals surface area (Å²) in [6.07, 6.45) is 5.35. The van der Waals surface area contributed by atoms with E-state index >= 15 is 0 Å². The van der Waals surface area contributed by atoms with Gasteiger partial charge in [-0.1, -0.05) is 0 Å². The van der Waals surface area contributed by atoms with Crippen molar-refractivity contribution in [2.45, 2.75) is 43.4 Å². The zero-order valence-corrected chi connectivity index (χ0v) is 13.0. The molecule has 21 heavy (non-hydrogen) atoms. The van der Waals surface area contributed by atoms with Crippen LogP contribution in [0.25, 0.3) is 0 Å². The fourth-order valence-corrected chi connectivity index (χ4v) is 5.03. The number of H-pyrrole nitrogens is 1. The Morgan fingerprint density at radius 3 is 3.24 bits per heavy atom. The van der Waals surface area contributed by atoms with Gasteiger partial charge in [0.2, 0.25) is 0 Å². The number of aryl methyl sites for hydroxylation is 1. The highest BCUT2D eigenvalue weighted by atomic mass is 32.2. The Kier molecular flexibility index (Phi) is 3.67. The Balaban J connectivity index is 1.60. The topological polar surface area (TPSA) is 58.2 Å². The molecule has 0 bridgehead atoms. The Labute approximate surface area is 128 Å². The van der Waals surface area contributed by atoms with E-state index in [2.05, 4.69) is 15.1 Å². The number of hydrogen-bond donors (Lipinski definition) is 1. The van der Waals surface area contributed by atoms with Gasteiger partial charge in [0.1, 0.15) is 0 Å². The maximum Gasteiger partial charge on any atom is 0.274 e. The molecule has 1 N–H and O–H groups in total. The van der Waals surface area contributed by atoms with E-state index in [-0.39, 0.29) is 5.91 Å². The minimum atomic E-state index is 0.131. The molecule has 2 atom stereocenters. The number of hydrogen-bond acceptors (Lipinski definition) is 4. The van der Waals surface area contributed by atoms with Crippen molar-refractivity contribution in [3.05, 3.63) is 17.0 Å². The number of aromatic nitrogens is 2. The summed E-state index contributed by atoms with van der Waals surface area (Å²) in [6.45, 7) is 2.38. The molecule has 2 saturated heterocycles. The van der Waals surface area contributed by atoms with Crippen molar-refractivity contribution in [1.29, 1.82) is 0 Å². The first-order valence-corrected chi connectivity index (χ1v) is 8.96. The van der Waals surface area contributed by atoms with Gasteiger partial charge < -0.3 is 9.64 Å². The number of fused-ring (bicyclic) bond motifs is 2. The predicted octanol–water partition coefficient (Wildman–Crippen LogP) is 1.64. The molecule has 4 rings (SSSR count). The van der Waals surface area contributed by atoms with Gasteiger partial charge in [0.25, 0.3) is 5.91 Å². The van der Waals surface area contributed by atoms with Crippen LogP contribution in [-0.4, -0.2) is 57.8 Å². The molecule has 2 fully saturated rings. The lowest BCUT2D eigenvalue weighted by Gasteiger charge is -2.43. The molecular weight excluding hydrogens is 286 g/mol. The van der Waals surface area contributed by atoms with Crippen LogP contribution >= 0.6 is 11.8 Å². The normalized spacial score (nSPS) is 28.9. The van der Waals surface area contributed by atoms with Crippen LogP contribution in [0.2, 0.25) is 0 Å². The molecule has 0 aromatic carbocycles. The summed E-state index contributed by atoms with van der Waals surface area (Å²) < 4.78 is 5.57. The van der Waals surface area contributed by atoms with E-state index < -0.39 is 0 Å². The summed E-state index contributed by atoms with van der Waals surface area (Å²) in [4.78, 5) is 15.0. The fourth-order valence-electron chi connectivity index (χ4n) is 3.73. The molecule has 2 aliphatic heterocycles. The third kappa shape index (κ3) is 2.38. The van der Waals surface area contributed by atoms with E-state index in [1.54, 1.807) is 0 Å². The zero-order valence-electron chi connectivity index (χ0n) is 12.1. The van der Waals surface area contributed by atoms with Crippen molar-refractivity contribution in [3.8, 4) is 0 Å². The van der Waals surface area contributed by atoms with Crippen LogP contribution in [0, 0.1) is 0 Å². The quantitative estimate of drug-likeness (QED) is 0.857. The lowest BCUT2D eigenvalue weighted by atomic mass is 9.95. The van der Waals surface area contributed by atoms with E-state index in [1.807, 2.05) is 11.8 Å². The van der Waals surface area contributed by atoms with Gasteiger partial charge in [-0.25, -0.2) is 0 Å². The van der Waals surface area contributed by atoms with Crippen LogP contribution in [0.3, 0.4) is 0 Å². The van der Waals surface area contributed by atoms with Crippen molar-refractivity contribution in [1.82, 2.24) is 15.1 Å². The largest absolute Gasteiger partial charge is 0.380 e. The molecule has 1 aliphatic carbocycles. The first kappa shape index (κ1) is 13.6. The van der Waals surface area contributed by atoms with Crippen molar-refractivity contribution >= 4 is 17.7 Å². The zero-order chi connectivity index (χ0) is 14.2. The molecule has 0 radical (unpaired) electrons. The summed E-state index contributed by atoms with van der Waals surface area (Å²) >= 11 is 1.95. The smallest absolute Gasteiger partial charge is 0.274 e. The number of nitrogens with one attached hydrogen (secondary N) is 1. The molecule has 114 valence electrons. The SMILES string of the molecule is O=C(c1n[nH]c2c1CCCC2)N1CCS[C@@H]2COCC[C@H]21. The van der Waals surface area contributed by atoms with Crippen LogP contribution in [0.4, 0.5) is 0 Å². The van der Waals surface area contributed by atoms with Gasteiger partial charge in [-0.15, -0.1) is 0 Å². The minimum absolute atomic E-state index is 0.131. The number of thioether (sulfide) groups is 1. The number of rotatable bonds is 1. The predicted molar refractivity (Wildman–Crippen MR) is 81.7 cm³/mol. The number of nitrogens with zero attached hydrogens (tertiary/aromatic N) is 2. The summed E-state index contributed by atoms with van der Waals surface area (Å²) in [5.41, 5.74) is 3.04. The molecule has 3 heterocycles. The van der Waals surface area contributed by atoms with E-state index in [0.29, 0.717) is 17.0 Å². The monoisotopic (exact) mass is 307 g/mol. The van der Waals surface area contributed by atoms with Gasteiger partial charge in [-0.05, 0) is 32.1 Å². The van der Waals surface area contributed by atoms with Gasteiger partial charge in [0.05, 0.1) is 6.61 Å². The second kappa shape index (κ2) is 5.65. The third-order valence-electron chi connectivity index (χ3n) is 4.85. The molecule has 6 heteroatoms. The van der Waals surface area contributed by atoms with Crippen molar-refractivity contribution < 1.29 is 9.53 Å². The van der Waals surface area contributed by atoms with Crippen LogP contribution < -0.4 is 0 Å². The number of carbonyl (C=O) groups excluding carboxylic acids is 1. The minimum Gasteiger partial charge on any atom is -0.380 e. The van der Waals surface area contributed by atoms with Crippen molar-refractivity contribution in [2.24, 2.45) is 0 Å². The standard InChI is InChI=1S/C15H21N3O2S/c19-15(14-10-3-1-2-4-11(10)16-17-14)18-6-8-21-13-9-20-7-5-12(13)18/h12-13H,1-9H2,(H,16,17)/t12-,13-/m1/s1. The third-order valence-corrected chi connectivity index (χ3v) is 6.15. The maximum atomic E-state index is 13.0. The number of aromatic amines is 1. The fraction of sp³-hybridized carbons (Fsp3) is 0.733. The van der Waals surface area contributed by atoms with Crippen molar-refractivity contribution in [2.75, 3.05) is 25.5 Å². The highest BCUT2D eigenvalue weighted by Gasteiger charge is 2.38. The lowest BCUT2D eigenvalue weighted by molar-refractivity contribution is 0.0315. The summed E-state index contributed by atoms with van der Waals surface area (Å²) in [6, 6.07) is 0.320. The molecule has 1 aromatic heterocycles. The molecule has 5 nitrogen and oxygen atoms in total. The first-order valence-electron chi connectivity index (χ1n) is 7.91. The first-order chi connectivity index (χ1) is 10.3. The second-order valence-electron chi connectivity index (χ2n) is 6.08. The Hall–Kier alpha value is -1.01. The van der Waals surface area contributed by atoms with Crippen LogP contribution in [0.5, 0.6) is 0 Å². The molecule has 0 saturated carbocycles. The number of carbonyl (C=O) groups is 1. The highest BCUT2D eigenvalue weighted by Crippen LogP contribution is 2.32. The summed E-state index contributed by atoms with van der Waals surface area (Å²) in [5, 5.41) is 7.88. The number of ether oxygens (including phenoxy) is 1. The molecule has 1 aromatic rings. The van der Waals surface area contributed by atoms with E-state index in [4.69, 9.17) is 4.74 Å². The molecule has 0 unspecified atom stereocenters. The Bertz CT molecular complexity index is 543. The van der Waals surface area contributed by atoms with Gasteiger partial charge >= 0.3 is 0 Å². The average molecular weight is 307 g/mol.